The van der Waals surface area contributed by atoms with Crippen LogP contribution in [-0.4, -0.2) is 26.6 Å². The third-order valence-electron chi connectivity index (χ3n) is 4.03. The fourth-order valence-electron chi connectivity index (χ4n) is 2.64. The minimum Gasteiger partial charge on any atom is -0.355 e. The Balaban J connectivity index is 1.49. The van der Waals surface area contributed by atoms with Gasteiger partial charge in [0.2, 0.25) is 5.91 Å². The van der Waals surface area contributed by atoms with Crippen molar-refractivity contribution in [1.82, 2.24) is 5.32 Å². The molecule has 1 heterocycles. The minimum atomic E-state index is -3.34. The van der Waals surface area contributed by atoms with Gasteiger partial charge in [0.25, 0.3) is 0 Å². The van der Waals surface area contributed by atoms with Gasteiger partial charge in [0.15, 0.2) is 9.84 Å². The second-order valence-electron chi connectivity index (χ2n) is 5.82. The molecule has 1 aliphatic rings. The van der Waals surface area contributed by atoms with Crippen LogP contribution >= 0.6 is 11.3 Å². The average molecular weight is 349 g/mol. The van der Waals surface area contributed by atoms with Gasteiger partial charge >= 0.3 is 0 Å². The summed E-state index contributed by atoms with van der Waals surface area (Å²) in [6.07, 6.45) is 0.858. The van der Waals surface area contributed by atoms with Crippen molar-refractivity contribution < 1.29 is 13.2 Å². The lowest BCUT2D eigenvalue weighted by atomic mass is 10.2. The van der Waals surface area contributed by atoms with Crippen LogP contribution in [0, 0.1) is 12.8 Å². The summed E-state index contributed by atoms with van der Waals surface area (Å²) < 4.78 is 24.3. The molecule has 1 fully saturated rings. The molecule has 1 N–H and O–H groups in total. The molecule has 0 aliphatic heterocycles. The molecular weight excluding hydrogens is 330 g/mol. The summed E-state index contributed by atoms with van der Waals surface area (Å²) >= 11 is 1.73. The van der Waals surface area contributed by atoms with Crippen molar-refractivity contribution in [2.24, 2.45) is 5.92 Å². The van der Waals surface area contributed by atoms with Gasteiger partial charge in [-0.15, -0.1) is 11.3 Å². The molecule has 23 heavy (non-hydrogen) atoms. The summed E-state index contributed by atoms with van der Waals surface area (Å²) in [7, 11) is -3.34. The SMILES string of the molecule is Cc1ccc([C@H]2C[C@@H]2C(=O)NCCS(=O)(=O)c2ccccc2)s1. The van der Waals surface area contributed by atoms with Gasteiger partial charge < -0.3 is 5.32 Å². The number of sulfone groups is 1. The first-order valence-corrected chi connectivity index (χ1v) is 10.1. The van der Waals surface area contributed by atoms with Crippen molar-refractivity contribution in [3.05, 3.63) is 52.2 Å². The molecule has 1 saturated carbocycles. The molecule has 1 aromatic heterocycles. The molecule has 2 atom stereocenters. The summed E-state index contributed by atoms with van der Waals surface area (Å²) in [5.74, 6) is 0.189. The van der Waals surface area contributed by atoms with Gasteiger partial charge in [-0.3, -0.25) is 4.79 Å². The summed E-state index contributed by atoms with van der Waals surface area (Å²) in [6.45, 7) is 2.21. The average Bonchev–Trinajstić information content (AvgIpc) is 3.23. The first kappa shape index (κ1) is 16.2. The summed E-state index contributed by atoms with van der Waals surface area (Å²) in [5, 5.41) is 2.76. The summed E-state index contributed by atoms with van der Waals surface area (Å²) in [6, 6.07) is 12.5. The molecule has 1 amide bonds. The van der Waals surface area contributed by atoms with Crippen molar-refractivity contribution in [1.29, 1.82) is 0 Å². The number of hydrogen-bond donors (Lipinski definition) is 1. The third-order valence-corrected chi connectivity index (χ3v) is 6.89. The van der Waals surface area contributed by atoms with Crippen LogP contribution in [0.3, 0.4) is 0 Å². The van der Waals surface area contributed by atoms with Gasteiger partial charge in [0, 0.05) is 28.1 Å². The van der Waals surface area contributed by atoms with Gasteiger partial charge in [-0.05, 0) is 37.6 Å². The molecule has 1 aliphatic carbocycles. The van der Waals surface area contributed by atoms with Crippen molar-refractivity contribution in [3.63, 3.8) is 0 Å². The summed E-state index contributed by atoms with van der Waals surface area (Å²) in [4.78, 5) is 14.9. The molecule has 6 heteroatoms. The highest BCUT2D eigenvalue weighted by atomic mass is 32.2. The Bertz CT molecular complexity index is 796. The standard InChI is InChI=1S/C17H19NO3S2/c1-12-7-8-16(22-12)14-11-15(14)17(19)18-9-10-23(20,21)13-5-3-2-4-6-13/h2-8,14-15H,9-11H2,1H3,(H,18,19)/t14-,15-/m0/s1. The monoisotopic (exact) mass is 349 g/mol. The van der Waals surface area contributed by atoms with Crippen molar-refractivity contribution in [3.8, 4) is 0 Å². The highest BCUT2D eigenvalue weighted by Crippen LogP contribution is 2.49. The van der Waals surface area contributed by atoms with Crippen molar-refractivity contribution >= 4 is 27.1 Å². The van der Waals surface area contributed by atoms with Crippen LogP contribution in [0.25, 0.3) is 0 Å². The van der Waals surface area contributed by atoms with E-state index in [1.165, 1.54) is 9.75 Å². The van der Waals surface area contributed by atoms with Crippen LogP contribution in [0.1, 0.15) is 22.1 Å². The van der Waals surface area contributed by atoms with E-state index in [0.717, 1.165) is 6.42 Å². The quantitative estimate of drug-likeness (QED) is 0.872. The molecule has 0 radical (unpaired) electrons. The topological polar surface area (TPSA) is 63.2 Å². The Morgan fingerprint density at radius 3 is 2.61 bits per heavy atom. The number of carbonyl (C=O) groups excluding carboxylic acids is 1. The Morgan fingerprint density at radius 2 is 1.96 bits per heavy atom. The Labute approximate surface area is 140 Å². The molecule has 0 unspecified atom stereocenters. The van der Waals surface area contributed by atoms with E-state index in [9.17, 15) is 13.2 Å². The van der Waals surface area contributed by atoms with E-state index in [1.807, 2.05) is 0 Å². The maximum Gasteiger partial charge on any atom is 0.223 e. The van der Waals surface area contributed by atoms with E-state index in [1.54, 1.807) is 41.7 Å². The molecular formula is C17H19NO3S2. The predicted octanol–water partition coefficient (Wildman–Crippen LogP) is 2.75. The van der Waals surface area contributed by atoms with Gasteiger partial charge in [-0.2, -0.15) is 0 Å². The first-order valence-electron chi connectivity index (χ1n) is 7.59. The highest BCUT2D eigenvalue weighted by Gasteiger charge is 2.44. The molecule has 1 aromatic carbocycles. The van der Waals surface area contributed by atoms with Gasteiger partial charge in [-0.1, -0.05) is 18.2 Å². The molecule has 0 saturated heterocycles. The van der Waals surface area contributed by atoms with E-state index < -0.39 is 9.84 Å². The fourth-order valence-corrected chi connectivity index (χ4v) is 4.87. The van der Waals surface area contributed by atoms with E-state index in [0.29, 0.717) is 10.8 Å². The van der Waals surface area contributed by atoms with Crippen LogP contribution in [0.15, 0.2) is 47.4 Å². The lowest BCUT2D eigenvalue weighted by Gasteiger charge is -2.06. The first-order chi connectivity index (χ1) is 11.0. The highest BCUT2D eigenvalue weighted by molar-refractivity contribution is 7.91. The number of thiophene rings is 1. The van der Waals surface area contributed by atoms with Crippen molar-refractivity contribution in [2.75, 3.05) is 12.3 Å². The molecule has 122 valence electrons. The zero-order valence-electron chi connectivity index (χ0n) is 12.9. The third kappa shape index (κ3) is 3.82. The number of aryl methyl sites for hydroxylation is 1. The van der Waals surface area contributed by atoms with E-state index in [2.05, 4.69) is 24.4 Å². The van der Waals surface area contributed by atoms with Crippen LogP contribution in [0.4, 0.5) is 0 Å². The smallest absolute Gasteiger partial charge is 0.223 e. The lowest BCUT2D eigenvalue weighted by Crippen LogP contribution is -2.30. The number of nitrogens with one attached hydrogen (secondary N) is 1. The zero-order valence-corrected chi connectivity index (χ0v) is 14.5. The number of rotatable bonds is 6. The van der Waals surface area contributed by atoms with Crippen LogP contribution in [-0.2, 0) is 14.6 Å². The molecule has 2 aromatic rings. The predicted molar refractivity (Wildman–Crippen MR) is 91.4 cm³/mol. The fraction of sp³-hybridized carbons (Fsp3) is 0.353. The molecule has 3 rings (SSSR count). The Hall–Kier alpha value is -1.66. The maximum atomic E-state index is 12.1. The second kappa shape index (κ2) is 6.45. The van der Waals surface area contributed by atoms with E-state index in [-0.39, 0.29) is 24.1 Å². The van der Waals surface area contributed by atoms with Crippen molar-refractivity contribution in [2.45, 2.75) is 24.2 Å². The van der Waals surface area contributed by atoms with Crippen LogP contribution < -0.4 is 5.32 Å². The molecule has 0 bridgehead atoms. The number of carbonyl (C=O) groups is 1. The number of amides is 1. The second-order valence-corrected chi connectivity index (χ2v) is 9.25. The van der Waals surface area contributed by atoms with Crippen LogP contribution in [0.5, 0.6) is 0 Å². The minimum absolute atomic E-state index is 0.00696. The van der Waals surface area contributed by atoms with Gasteiger partial charge in [0.05, 0.1) is 10.6 Å². The van der Waals surface area contributed by atoms with Crippen LogP contribution in [0.2, 0.25) is 0 Å². The Morgan fingerprint density at radius 1 is 1.22 bits per heavy atom. The number of benzene rings is 1. The largest absolute Gasteiger partial charge is 0.355 e. The Kier molecular flexibility index (Phi) is 4.55. The number of hydrogen-bond acceptors (Lipinski definition) is 4. The zero-order chi connectivity index (χ0) is 16.4. The molecule has 4 nitrogen and oxygen atoms in total. The molecule has 0 spiro atoms. The maximum absolute atomic E-state index is 12.1. The van der Waals surface area contributed by atoms with Gasteiger partial charge in [0.1, 0.15) is 0 Å². The van der Waals surface area contributed by atoms with E-state index >= 15 is 0 Å². The normalized spacial score (nSPS) is 20.2. The summed E-state index contributed by atoms with van der Waals surface area (Å²) in [5.41, 5.74) is 0. The lowest BCUT2D eigenvalue weighted by molar-refractivity contribution is -0.122. The van der Waals surface area contributed by atoms with E-state index in [4.69, 9.17) is 0 Å². The van der Waals surface area contributed by atoms with Gasteiger partial charge in [-0.25, -0.2) is 8.42 Å².